The van der Waals surface area contributed by atoms with E-state index in [9.17, 15) is 4.79 Å². The molecule has 1 aliphatic rings. The molecule has 0 saturated carbocycles. The number of hydrogen-bond donors (Lipinski definition) is 1. The van der Waals surface area contributed by atoms with Crippen molar-refractivity contribution in [2.24, 2.45) is 11.0 Å². The van der Waals surface area contributed by atoms with Crippen LogP contribution < -0.4 is 5.43 Å². The summed E-state index contributed by atoms with van der Waals surface area (Å²) < 4.78 is 0. The van der Waals surface area contributed by atoms with Gasteiger partial charge in [-0.3, -0.25) is 4.79 Å². The number of rotatable bonds is 5. The Bertz CT molecular complexity index is 264. The van der Waals surface area contributed by atoms with Gasteiger partial charge in [-0.2, -0.15) is 5.10 Å². The van der Waals surface area contributed by atoms with Crippen LogP contribution in [-0.4, -0.2) is 36.2 Å². The number of piperidine rings is 1. The molecule has 0 aliphatic carbocycles. The number of nitrogens with zero attached hydrogens (tertiary/aromatic N) is 2. The van der Waals surface area contributed by atoms with Crippen LogP contribution >= 0.6 is 0 Å². The SMILES string of the molecule is CCCN1CCC(=NNC(=O)CC(C)C)CC1. The maximum Gasteiger partial charge on any atom is 0.240 e. The first kappa shape index (κ1) is 14.2. The number of hydrogen-bond acceptors (Lipinski definition) is 3. The van der Waals surface area contributed by atoms with Crippen LogP contribution in [0, 0.1) is 5.92 Å². The zero-order chi connectivity index (χ0) is 12.7. The average Bonchev–Trinajstić information content (AvgIpc) is 2.28. The highest BCUT2D eigenvalue weighted by atomic mass is 16.2. The number of carbonyl (C=O) groups excluding carboxylic acids is 1. The molecule has 0 spiro atoms. The van der Waals surface area contributed by atoms with Crippen LogP contribution in [0.4, 0.5) is 0 Å². The Kier molecular flexibility index (Phi) is 6.19. The standard InChI is InChI=1S/C13H25N3O/c1-4-7-16-8-5-12(6-9-16)14-15-13(17)10-11(2)3/h11H,4-10H2,1-3H3,(H,15,17). The van der Waals surface area contributed by atoms with Crippen molar-refractivity contribution in [1.29, 1.82) is 0 Å². The van der Waals surface area contributed by atoms with Gasteiger partial charge in [0.2, 0.25) is 5.91 Å². The van der Waals surface area contributed by atoms with Crippen molar-refractivity contribution < 1.29 is 4.79 Å². The highest BCUT2D eigenvalue weighted by molar-refractivity contribution is 5.87. The van der Waals surface area contributed by atoms with Gasteiger partial charge in [0.15, 0.2) is 0 Å². The van der Waals surface area contributed by atoms with Gasteiger partial charge in [-0.05, 0) is 18.9 Å². The molecule has 1 fully saturated rings. The molecule has 98 valence electrons. The van der Waals surface area contributed by atoms with Crippen molar-refractivity contribution in [2.75, 3.05) is 19.6 Å². The second-order valence-electron chi connectivity index (χ2n) is 5.15. The predicted molar refractivity (Wildman–Crippen MR) is 71.0 cm³/mol. The lowest BCUT2D eigenvalue weighted by Crippen LogP contribution is -2.35. The Morgan fingerprint density at radius 2 is 2.06 bits per heavy atom. The summed E-state index contributed by atoms with van der Waals surface area (Å²) in [6.07, 6.45) is 3.74. The Morgan fingerprint density at radius 3 is 2.59 bits per heavy atom. The highest BCUT2D eigenvalue weighted by Gasteiger charge is 2.14. The van der Waals surface area contributed by atoms with Crippen molar-refractivity contribution in [3.05, 3.63) is 0 Å². The zero-order valence-electron chi connectivity index (χ0n) is 11.3. The van der Waals surface area contributed by atoms with E-state index < -0.39 is 0 Å². The third-order valence-electron chi connectivity index (χ3n) is 2.91. The quantitative estimate of drug-likeness (QED) is 0.746. The summed E-state index contributed by atoms with van der Waals surface area (Å²) in [5.41, 5.74) is 3.79. The van der Waals surface area contributed by atoms with Gasteiger partial charge in [0.05, 0.1) is 0 Å². The maximum absolute atomic E-state index is 11.4. The Morgan fingerprint density at radius 1 is 1.41 bits per heavy atom. The van der Waals surface area contributed by atoms with E-state index in [4.69, 9.17) is 0 Å². The van der Waals surface area contributed by atoms with Crippen molar-refractivity contribution in [3.8, 4) is 0 Å². The number of likely N-dealkylation sites (tertiary alicyclic amines) is 1. The molecule has 1 N–H and O–H groups in total. The molecule has 0 atom stereocenters. The van der Waals surface area contributed by atoms with Crippen LogP contribution in [0.5, 0.6) is 0 Å². The van der Waals surface area contributed by atoms with Crippen LogP contribution in [0.2, 0.25) is 0 Å². The lowest BCUT2D eigenvalue weighted by atomic mass is 10.1. The van der Waals surface area contributed by atoms with E-state index >= 15 is 0 Å². The summed E-state index contributed by atoms with van der Waals surface area (Å²) >= 11 is 0. The van der Waals surface area contributed by atoms with Gasteiger partial charge in [0.1, 0.15) is 0 Å². The van der Waals surface area contributed by atoms with Gasteiger partial charge in [0.25, 0.3) is 0 Å². The minimum atomic E-state index is 0.0310. The average molecular weight is 239 g/mol. The molecule has 1 aliphatic heterocycles. The molecular weight excluding hydrogens is 214 g/mol. The highest BCUT2D eigenvalue weighted by Crippen LogP contribution is 2.07. The first-order valence-electron chi connectivity index (χ1n) is 6.68. The smallest absolute Gasteiger partial charge is 0.240 e. The lowest BCUT2D eigenvalue weighted by Gasteiger charge is -2.26. The summed E-state index contributed by atoms with van der Waals surface area (Å²) in [6, 6.07) is 0. The van der Waals surface area contributed by atoms with Crippen LogP contribution in [0.15, 0.2) is 5.10 Å². The molecule has 1 saturated heterocycles. The van der Waals surface area contributed by atoms with E-state index in [0.717, 1.165) is 31.6 Å². The Balaban J connectivity index is 2.26. The monoisotopic (exact) mass is 239 g/mol. The van der Waals surface area contributed by atoms with Gasteiger partial charge in [-0.15, -0.1) is 0 Å². The van der Waals surface area contributed by atoms with Gasteiger partial charge in [0, 0.05) is 38.1 Å². The summed E-state index contributed by atoms with van der Waals surface area (Å²) in [5, 5.41) is 4.22. The maximum atomic E-state index is 11.4. The fourth-order valence-corrected chi connectivity index (χ4v) is 2.02. The van der Waals surface area contributed by atoms with E-state index in [-0.39, 0.29) is 5.91 Å². The molecule has 17 heavy (non-hydrogen) atoms. The molecule has 0 aromatic rings. The summed E-state index contributed by atoms with van der Waals surface area (Å²) in [5.74, 6) is 0.421. The molecule has 1 heterocycles. The lowest BCUT2D eigenvalue weighted by molar-refractivity contribution is -0.121. The molecule has 4 nitrogen and oxygen atoms in total. The minimum absolute atomic E-state index is 0.0310. The molecule has 0 aromatic carbocycles. The van der Waals surface area contributed by atoms with Gasteiger partial charge >= 0.3 is 0 Å². The van der Waals surface area contributed by atoms with Gasteiger partial charge in [-0.25, -0.2) is 5.43 Å². The third kappa shape index (κ3) is 5.82. The molecule has 0 unspecified atom stereocenters. The molecule has 4 heteroatoms. The molecule has 1 rings (SSSR count). The summed E-state index contributed by atoms with van der Waals surface area (Å²) in [6.45, 7) is 9.61. The summed E-state index contributed by atoms with van der Waals surface area (Å²) in [4.78, 5) is 13.9. The first-order valence-corrected chi connectivity index (χ1v) is 6.68. The number of hydrazone groups is 1. The van der Waals surface area contributed by atoms with Crippen molar-refractivity contribution in [1.82, 2.24) is 10.3 Å². The fraction of sp³-hybridized carbons (Fsp3) is 0.846. The fourth-order valence-electron chi connectivity index (χ4n) is 2.02. The van der Waals surface area contributed by atoms with Crippen molar-refractivity contribution in [3.63, 3.8) is 0 Å². The second kappa shape index (κ2) is 7.43. The summed E-state index contributed by atoms with van der Waals surface area (Å²) in [7, 11) is 0. The van der Waals surface area contributed by atoms with E-state index in [2.05, 4.69) is 22.4 Å². The van der Waals surface area contributed by atoms with E-state index in [1.807, 2.05) is 13.8 Å². The molecule has 0 bridgehead atoms. The predicted octanol–water partition coefficient (Wildman–Crippen LogP) is 2.01. The first-order chi connectivity index (χ1) is 8.11. The molecular formula is C13H25N3O. The largest absolute Gasteiger partial charge is 0.303 e. The Hall–Kier alpha value is -0.900. The minimum Gasteiger partial charge on any atom is -0.303 e. The van der Waals surface area contributed by atoms with Gasteiger partial charge in [-0.1, -0.05) is 20.8 Å². The van der Waals surface area contributed by atoms with E-state index in [1.165, 1.54) is 13.0 Å². The normalized spacial score (nSPS) is 17.3. The number of nitrogens with one attached hydrogen (secondary N) is 1. The number of carbonyl (C=O) groups is 1. The number of amides is 1. The molecule has 0 radical (unpaired) electrons. The van der Waals surface area contributed by atoms with Crippen LogP contribution in [0.3, 0.4) is 0 Å². The second-order valence-corrected chi connectivity index (χ2v) is 5.15. The van der Waals surface area contributed by atoms with Crippen molar-refractivity contribution in [2.45, 2.75) is 46.5 Å². The van der Waals surface area contributed by atoms with Crippen LogP contribution in [0.1, 0.15) is 46.5 Å². The Labute approximate surface area is 104 Å². The van der Waals surface area contributed by atoms with Gasteiger partial charge < -0.3 is 4.90 Å². The third-order valence-corrected chi connectivity index (χ3v) is 2.91. The van der Waals surface area contributed by atoms with Crippen LogP contribution in [-0.2, 0) is 4.79 Å². The van der Waals surface area contributed by atoms with E-state index in [1.54, 1.807) is 0 Å². The molecule has 1 amide bonds. The van der Waals surface area contributed by atoms with Crippen molar-refractivity contribution >= 4 is 11.6 Å². The topological polar surface area (TPSA) is 44.7 Å². The van der Waals surface area contributed by atoms with E-state index in [0.29, 0.717) is 12.3 Å². The van der Waals surface area contributed by atoms with Crippen LogP contribution in [0.25, 0.3) is 0 Å². The molecule has 0 aromatic heterocycles. The zero-order valence-corrected chi connectivity index (χ0v) is 11.3.